The minimum Gasteiger partial charge on any atom is -0.258 e. The number of hydrogen-bond acceptors (Lipinski definition) is 4. The smallest absolute Gasteiger partial charge is 0.258 e. The van der Waals surface area contributed by atoms with Crippen molar-refractivity contribution < 1.29 is 13.3 Å². The van der Waals surface area contributed by atoms with Gasteiger partial charge in [-0.3, -0.25) is 10.1 Å². The van der Waals surface area contributed by atoms with Crippen LogP contribution in [0.2, 0.25) is 0 Å². The first kappa shape index (κ1) is 14.2. The van der Waals surface area contributed by atoms with Gasteiger partial charge in [0.15, 0.2) is 4.90 Å². The van der Waals surface area contributed by atoms with Gasteiger partial charge >= 0.3 is 0 Å². The molecule has 0 aliphatic rings. The predicted octanol–water partition coefficient (Wildman–Crippen LogP) is 1.24. The topological polar surface area (TPSA) is 80.5 Å². The molecule has 1 rings (SSSR count). The summed E-state index contributed by atoms with van der Waals surface area (Å²) in [6.07, 6.45) is 5.09. The van der Waals surface area contributed by atoms with E-state index in [0.717, 1.165) is 10.4 Å². The minimum atomic E-state index is -3.94. The second kappa shape index (κ2) is 5.62. The summed E-state index contributed by atoms with van der Waals surface area (Å²) in [4.78, 5) is 9.75. The van der Waals surface area contributed by atoms with Gasteiger partial charge in [-0.05, 0) is 6.07 Å². The number of nitro groups is 1. The number of terminal acetylenes is 1. The van der Waals surface area contributed by atoms with E-state index in [1.54, 1.807) is 6.92 Å². The van der Waals surface area contributed by atoms with Gasteiger partial charge in [0, 0.05) is 12.6 Å². The molecular formula is C11H12N2O4S. The predicted molar refractivity (Wildman–Crippen MR) is 66.4 cm³/mol. The largest absolute Gasteiger partial charge is 0.289 e. The Bertz CT molecular complexity index is 589. The third kappa shape index (κ3) is 2.67. The summed E-state index contributed by atoms with van der Waals surface area (Å²) >= 11 is 0. The van der Waals surface area contributed by atoms with Crippen LogP contribution in [-0.2, 0) is 10.0 Å². The summed E-state index contributed by atoms with van der Waals surface area (Å²) in [7, 11) is -3.94. The quantitative estimate of drug-likeness (QED) is 0.457. The Morgan fingerprint density at radius 1 is 1.44 bits per heavy atom. The van der Waals surface area contributed by atoms with Crippen molar-refractivity contribution in [3.63, 3.8) is 0 Å². The lowest BCUT2D eigenvalue weighted by Gasteiger charge is -2.17. The lowest BCUT2D eigenvalue weighted by molar-refractivity contribution is -0.387. The fraction of sp³-hybridized carbons (Fsp3) is 0.273. The van der Waals surface area contributed by atoms with Crippen molar-refractivity contribution in [1.82, 2.24) is 4.31 Å². The molecule has 0 unspecified atom stereocenters. The Kier molecular flexibility index (Phi) is 4.42. The average Bonchev–Trinajstić information content (AvgIpc) is 2.35. The van der Waals surface area contributed by atoms with E-state index in [1.165, 1.54) is 18.2 Å². The van der Waals surface area contributed by atoms with Gasteiger partial charge in [-0.25, -0.2) is 8.42 Å². The first-order chi connectivity index (χ1) is 8.45. The summed E-state index contributed by atoms with van der Waals surface area (Å²) in [6.45, 7) is 1.65. The van der Waals surface area contributed by atoms with E-state index in [0.29, 0.717) is 0 Å². The van der Waals surface area contributed by atoms with Crippen molar-refractivity contribution in [2.24, 2.45) is 0 Å². The van der Waals surface area contributed by atoms with Crippen LogP contribution in [0.15, 0.2) is 29.2 Å². The van der Waals surface area contributed by atoms with Crippen molar-refractivity contribution in [3.05, 3.63) is 34.4 Å². The van der Waals surface area contributed by atoms with Crippen LogP contribution in [0.3, 0.4) is 0 Å². The Labute approximate surface area is 105 Å². The molecule has 0 aliphatic carbocycles. The molecule has 6 nitrogen and oxygen atoms in total. The van der Waals surface area contributed by atoms with Crippen molar-refractivity contribution in [1.29, 1.82) is 0 Å². The zero-order chi connectivity index (χ0) is 13.8. The van der Waals surface area contributed by atoms with Gasteiger partial charge in [-0.2, -0.15) is 4.31 Å². The fourth-order valence-corrected chi connectivity index (χ4v) is 2.95. The van der Waals surface area contributed by atoms with E-state index >= 15 is 0 Å². The van der Waals surface area contributed by atoms with E-state index < -0.39 is 20.6 Å². The van der Waals surface area contributed by atoms with Crippen molar-refractivity contribution >= 4 is 15.7 Å². The van der Waals surface area contributed by atoms with Crippen LogP contribution in [0, 0.1) is 22.5 Å². The lowest BCUT2D eigenvalue weighted by Crippen LogP contribution is -2.31. The Balaban J connectivity index is 3.37. The van der Waals surface area contributed by atoms with E-state index in [1.807, 2.05) is 0 Å². The van der Waals surface area contributed by atoms with Crippen molar-refractivity contribution in [2.75, 3.05) is 13.1 Å². The zero-order valence-corrected chi connectivity index (χ0v) is 10.6. The molecular weight excluding hydrogens is 256 g/mol. The highest BCUT2D eigenvalue weighted by atomic mass is 32.2. The highest BCUT2D eigenvalue weighted by Crippen LogP contribution is 2.25. The first-order valence-electron chi connectivity index (χ1n) is 5.12. The SMILES string of the molecule is C#CCN(CC)S(=O)(=O)c1ccccc1[N+](=O)[O-]. The lowest BCUT2D eigenvalue weighted by atomic mass is 10.3. The molecule has 0 saturated heterocycles. The number of para-hydroxylation sites is 1. The molecule has 7 heteroatoms. The maximum absolute atomic E-state index is 12.2. The zero-order valence-electron chi connectivity index (χ0n) is 9.74. The van der Waals surface area contributed by atoms with Gasteiger partial charge in [0.2, 0.25) is 0 Å². The van der Waals surface area contributed by atoms with Crippen LogP contribution >= 0.6 is 0 Å². The fourth-order valence-electron chi connectivity index (χ4n) is 1.43. The molecule has 1 aromatic carbocycles. The van der Waals surface area contributed by atoms with Crippen LogP contribution in [-0.4, -0.2) is 30.7 Å². The second-order valence-corrected chi connectivity index (χ2v) is 5.27. The first-order valence-corrected chi connectivity index (χ1v) is 6.56. The summed E-state index contributed by atoms with van der Waals surface area (Å²) in [5.41, 5.74) is -0.451. The Hall–Kier alpha value is -1.91. The molecule has 0 fully saturated rings. The molecule has 1 aromatic rings. The molecule has 18 heavy (non-hydrogen) atoms. The van der Waals surface area contributed by atoms with Crippen LogP contribution in [0.4, 0.5) is 5.69 Å². The van der Waals surface area contributed by atoms with Crippen molar-refractivity contribution in [2.45, 2.75) is 11.8 Å². The van der Waals surface area contributed by atoms with Crippen LogP contribution < -0.4 is 0 Å². The number of sulfonamides is 1. The molecule has 0 heterocycles. The minimum absolute atomic E-state index is 0.120. The molecule has 96 valence electrons. The number of benzene rings is 1. The number of nitro benzene ring substituents is 1. The van der Waals surface area contributed by atoms with Crippen LogP contribution in [0.25, 0.3) is 0 Å². The van der Waals surface area contributed by atoms with Gasteiger partial charge < -0.3 is 0 Å². The molecule has 0 aliphatic heterocycles. The highest BCUT2D eigenvalue weighted by Gasteiger charge is 2.29. The molecule has 0 N–H and O–H groups in total. The Morgan fingerprint density at radius 2 is 2.06 bits per heavy atom. The van der Waals surface area contributed by atoms with E-state index in [2.05, 4.69) is 5.92 Å². The maximum atomic E-state index is 12.2. The van der Waals surface area contributed by atoms with Crippen LogP contribution in [0.5, 0.6) is 0 Å². The van der Waals surface area contributed by atoms with Crippen LogP contribution in [0.1, 0.15) is 6.92 Å². The molecule has 0 radical (unpaired) electrons. The molecule has 0 aromatic heterocycles. The molecule has 0 bridgehead atoms. The normalized spacial score (nSPS) is 11.2. The summed E-state index contributed by atoms with van der Waals surface area (Å²) in [5, 5.41) is 10.8. The van der Waals surface area contributed by atoms with E-state index in [-0.39, 0.29) is 18.0 Å². The highest BCUT2D eigenvalue weighted by molar-refractivity contribution is 7.89. The van der Waals surface area contributed by atoms with E-state index in [4.69, 9.17) is 6.42 Å². The molecule has 0 amide bonds. The Morgan fingerprint density at radius 3 is 2.56 bits per heavy atom. The van der Waals surface area contributed by atoms with Gasteiger partial charge in [-0.15, -0.1) is 6.42 Å². The summed E-state index contributed by atoms with van der Waals surface area (Å²) < 4.78 is 25.4. The number of nitrogens with zero attached hydrogens (tertiary/aromatic N) is 2. The molecule has 0 saturated carbocycles. The van der Waals surface area contributed by atoms with E-state index in [9.17, 15) is 18.5 Å². The van der Waals surface area contributed by atoms with Gasteiger partial charge in [0.1, 0.15) is 0 Å². The number of hydrogen-bond donors (Lipinski definition) is 0. The van der Waals surface area contributed by atoms with Gasteiger partial charge in [0.25, 0.3) is 15.7 Å². The summed E-state index contributed by atoms with van der Waals surface area (Å²) in [6, 6.07) is 5.20. The monoisotopic (exact) mass is 268 g/mol. The molecule has 0 atom stereocenters. The van der Waals surface area contributed by atoms with Crippen molar-refractivity contribution in [3.8, 4) is 12.3 Å². The third-order valence-corrected chi connectivity index (χ3v) is 4.27. The average molecular weight is 268 g/mol. The van der Waals surface area contributed by atoms with Gasteiger partial charge in [-0.1, -0.05) is 25.0 Å². The van der Waals surface area contributed by atoms with Gasteiger partial charge in [0.05, 0.1) is 11.5 Å². The maximum Gasteiger partial charge on any atom is 0.289 e. The molecule has 0 spiro atoms. The number of rotatable bonds is 5. The third-order valence-electron chi connectivity index (χ3n) is 2.30. The summed E-state index contributed by atoms with van der Waals surface area (Å²) in [5.74, 6) is 2.22. The second-order valence-electron chi connectivity index (χ2n) is 3.36. The standard InChI is InChI=1S/C11H12N2O4S/c1-3-9-12(4-2)18(16,17)11-8-6-5-7-10(11)13(14)15/h1,5-8H,4,9H2,2H3.